The van der Waals surface area contributed by atoms with Gasteiger partial charge < -0.3 is 15.0 Å². The van der Waals surface area contributed by atoms with E-state index < -0.39 is 20.5 Å². The number of amides is 1. The Morgan fingerprint density at radius 1 is 1.12 bits per heavy atom. The minimum absolute atomic E-state index is 0.115. The second-order valence-electron chi connectivity index (χ2n) is 8.94. The third-order valence-electron chi connectivity index (χ3n) is 6.53. The Balaban J connectivity index is 1.90. The lowest BCUT2D eigenvalue weighted by molar-refractivity contribution is -0.123. The van der Waals surface area contributed by atoms with E-state index in [1.807, 2.05) is 62.3 Å². The van der Waals surface area contributed by atoms with Crippen molar-refractivity contribution in [3.63, 3.8) is 0 Å². The van der Waals surface area contributed by atoms with Crippen molar-refractivity contribution in [3.05, 3.63) is 59.2 Å². The first kappa shape index (κ1) is 24.3. The number of methoxy groups -OCH3 is 1. The molecule has 32 heavy (non-hydrogen) atoms. The van der Waals surface area contributed by atoms with Gasteiger partial charge >= 0.3 is 0 Å². The van der Waals surface area contributed by atoms with Crippen LogP contribution in [0.15, 0.2) is 47.4 Å². The summed E-state index contributed by atoms with van der Waals surface area (Å²) in [5, 5.41) is 2.99. The molecule has 174 valence electrons. The number of likely N-dealkylation sites (N-methyl/N-ethyl adjacent to an activating group) is 1. The molecule has 6 nitrogen and oxygen atoms in total. The van der Waals surface area contributed by atoms with Crippen LogP contribution in [0.2, 0.25) is 0 Å². The molecule has 0 bridgehead atoms. The number of nitrogens with zero attached hydrogens (tertiary/aromatic N) is 1. The summed E-state index contributed by atoms with van der Waals surface area (Å²) >= 11 is 0. The van der Waals surface area contributed by atoms with Gasteiger partial charge in [0.25, 0.3) is 0 Å². The quantitative estimate of drug-likeness (QED) is 0.651. The SMILES string of the molecule is COc1cccc(C(CNC(=O)C2(S(=O)(=O)c3cc(C)ccc3C)CCCC2)N(C)C)c1. The molecule has 0 radical (unpaired) electrons. The predicted octanol–water partition coefficient (Wildman–Crippen LogP) is 3.82. The van der Waals surface area contributed by atoms with Crippen molar-refractivity contribution in [3.8, 4) is 5.75 Å². The van der Waals surface area contributed by atoms with E-state index in [0.29, 0.717) is 24.9 Å². The lowest BCUT2D eigenvalue weighted by Gasteiger charge is -2.31. The average Bonchev–Trinajstić information content (AvgIpc) is 3.27. The van der Waals surface area contributed by atoms with Crippen LogP contribution in [-0.4, -0.2) is 51.7 Å². The molecule has 0 heterocycles. The zero-order valence-electron chi connectivity index (χ0n) is 19.6. The number of carbonyl (C=O) groups is 1. The molecule has 2 aromatic carbocycles. The summed E-state index contributed by atoms with van der Waals surface area (Å²) in [7, 11) is 1.65. The van der Waals surface area contributed by atoms with Gasteiger partial charge in [-0.2, -0.15) is 0 Å². The highest BCUT2D eigenvalue weighted by atomic mass is 32.2. The van der Waals surface area contributed by atoms with Crippen molar-refractivity contribution >= 4 is 15.7 Å². The molecule has 1 aliphatic rings. The van der Waals surface area contributed by atoms with Crippen LogP contribution >= 0.6 is 0 Å². The molecule has 1 amide bonds. The lowest BCUT2D eigenvalue weighted by Crippen LogP contribution is -2.52. The largest absolute Gasteiger partial charge is 0.497 e. The first-order chi connectivity index (χ1) is 15.1. The van der Waals surface area contributed by atoms with E-state index in [1.54, 1.807) is 20.1 Å². The zero-order chi connectivity index (χ0) is 23.5. The Bertz CT molecular complexity index is 1070. The molecule has 1 N–H and O–H groups in total. The first-order valence-electron chi connectivity index (χ1n) is 11.0. The fraction of sp³-hybridized carbons (Fsp3) is 0.480. The van der Waals surface area contributed by atoms with Gasteiger partial charge in [-0.05, 0) is 75.7 Å². The van der Waals surface area contributed by atoms with Gasteiger partial charge in [0.05, 0.1) is 18.0 Å². The van der Waals surface area contributed by atoms with Crippen molar-refractivity contribution in [1.29, 1.82) is 0 Å². The van der Waals surface area contributed by atoms with Gasteiger partial charge in [0.2, 0.25) is 5.91 Å². The molecule has 1 saturated carbocycles. The van der Waals surface area contributed by atoms with E-state index in [-0.39, 0.29) is 10.9 Å². The van der Waals surface area contributed by atoms with Crippen LogP contribution in [0.25, 0.3) is 0 Å². The van der Waals surface area contributed by atoms with Gasteiger partial charge in [0.15, 0.2) is 14.6 Å². The maximum absolute atomic E-state index is 13.8. The Labute approximate surface area is 191 Å². The Morgan fingerprint density at radius 2 is 1.81 bits per heavy atom. The smallest absolute Gasteiger partial charge is 0.241 e. The highest BCUT2D eigenvalue weighted by molar-refractivity contribution is 7.93. The number of nitrogens with one attached hydrogen (secondary N) is 1. The molecule has 0 spiro atoms. The van der Waals surface area contributed by atoms with Gasteiger partial charge in [0.1, 0.15) is 5.75 Å². The van der Waals surface area contributed by atoms with Crippen LogP contribution in [0.5, 0.6) is 5.75 Å². The highest BCUT2D eigenvalue weighted by Crippen LogP contribution is 2.42. The number of ether oxygens (including phenoxy) is 1. The van der Waals surface area contributed by atoms with E-state index in [1.165, 1.54) is 0 Å². The first-order valence-corrected chi connectivity index (χ1v) is 12.5. The number of hydrogen-bond acceptors (Lipinski definition) is 5. The lowest BCUT2D eigenvalue weighted by atomic mass is 10.0. The van der Waals surface area contributed by atoms with Crippen molar-refractivity contribution in [2.45, 2.75) is 55.2 Å². The monoisotopic (exact) mass is 458 g/mol. The molecule has 1 fully saturated rings. The summed E-state index contributed by atoms with van der Waals surface area (Å²) in [4.78, 5) is 15.8. The molecule has 1 unspecified atom stereocenters. The molecular formula is C25H34N2O4S. The Kier molecular flexibility index (Phi) is 7.30. The van der Waals surface area contributed by atoms with Gasteiger partial charge in [-0.3, -0.25) is 4.79 Å². The van der Waals surface area contributed by atoms with Crippen molar-refractivity contribution < 1.29 is 17.9 Å². The van der Waals surface area contributed by atoms with E-state index in [0.717, 1.165) is 29.7 Å². The molecule has 1 atom stereocenters. The average molecular weight is 459 g/mol. The van der Waals surface area contributed by atoms with Crippen molar-refractivity contribution in [2.24, 2.45) is 0 Å². The Hall–Kier alpha value is -2.38. The van der Waals surface area contributed by atoms with E-state index in [9.17, 15) is 13.2 Å². The third-order valence-corrected chi connectivity index (χ3v) is 9.17. The van der Waals surface area contributed by atoms with Gasteiger partial charge in [-0.1, -0.05) is 37.1 Å². The fourth-order valence-electron chi connectivity index (χ4n) is 4.57. The molecule has 0 aliphatic heterocycles. The maximum Gasteiger partial charge on any atom is 0.241 e. The molecule has 2 aromatic rings. The molecule has 3 rings (SSSR count). The fourth-order valence-corrected chi connectivity index (χ4v) is 6.97. The standard InChI is InChI=1S/C25H34N2O4S/c1-18-11-12-19(2)23(15-18)32(29,30)25(13-6-7-14-25)24(28)26-17-22(27(3)4)20-9-8-10-21(16-20)31-5/h8-12,15-16,22H,6-7,13-14,17H2,1-5H3,(H,26,28). The van der Waals surface area contributed by atoms with E-state index >= 15 is 0 Å². The molecular weight excluding hydrogens is 424 g/mol. The summed E-state index contributed by atoms with van der Waals surface area (Å²) in [6.07, 6.45) is 2.15. The second-order valence-corrected chi connectivity index (χ2v) is 11.2. The number of aryl methyl sites for hydroxylation is 2. The highest BCUT2D eigenvalue weighted by Gasteiger charge is 2.53. The van der Waals surface area contributed by atoms with Crippen molar-refractivity contribution in [1.82, 2.24) is 10.2 Å². The van der Waals surface area contributed by atoms with Crippen LogP contribution in [0, 0.1) is 13.8 Å². The third kappa shape index (κ3) is 4.55. The molecule has 0 saturated heterocycles. The normalized spacial score (nSPS) is 16.7. The molecule has 7 heteroatoms. The second kappa shape index (κ2) is 9.63. The number of benzene rings is 2. The maximum atomic E-state index is 13.8. The molecule has 1 aliphatic carbocycles. The topological polar surface area (TPSA) is 75.7 Å². The van der Waals surface area contributed by atoms with Crippen LogP contribution < -0.4 is 10.1 Å². The number of carbonyl (C=O) groups excluding carboxylic acids is 1. The van der Waals surface area contributed by atoms with E-state index in [4.69, 9.17) is 4.74 Å². The zero-order valence-corrected chi connectivity index (χ0v) is 20.5. The summed E-state index contributed by atoms with van der Waals surface area (Å²) in [6, 6.07) is 13.0. The van der Waals surface area contributed by atoms with Crippen LogP contribution in [0.1, 0.15) is 48.4 Å². The van der Waals surface area contributed by atoms with Crippen LogP contribution in [0.3, 0.4) is 0 Å². The van der Waals surface area contributed by atoms with Crippen LogP contribution in [-0.2, 0) is 14.6 Å². The summed E-state index contributed by atoms with van der Waals surface area (Å²) in [5.74, 6) is 0.344. The Morgan fingerprint density at radius 3 is 2.44 bits per heavy atom. The van der Waals surface area contributed by atoms with Crippen molar-refractivity contribution in [2.75, 3.05) is 27.7 Å². The number of sulfone groups is 1. The minimum atomic E-state index is -3.84. The molecule has 0 aromatic heterocycles. The van der Waals surface area contributed by atoms with Gasteiger partial charge in [0, 0.05) is 6.54 Å². The van der Waals surface area contributed by atoms with Crippen LogP contribution in [0.4, 0.5) is 0 Å². The predicted molar refractivity (Wildman–Crippen MR) is 127 cm³/mol. The number of rotatable bonds is 8. The van der Waals surface area contributed by atoms with Gasteiger partial charge in [-0.15, -0.1) is 0 Å². The summed E-state index contributed by atoms with van der Waals surface area (Å²) in [5.41, 5.74) is 2.54. The number of hydrogen-bond donors (Lipinski definition) is 1. The van der Waals surface area contributed by atoms with Gasteiger partial charge in [-0.25, -0.2) is 8.42 Å². The van der Waals surface area contributed by atoms with E-state index in [2.05, 4.69) is 5.32 Å². The summed E-state index contributed by atoms with van der Waals surface area (Å²) in [6.45, 7) is 3.97. The summed E-state index contributed by atoms with van der Waals surface area (Å²) < 4.78 is 31.5. The minimum Gasteiger partial charge on any atom is -0.497 e.